The molecule has 0 spiro atoms. The highest BCUT2D eigenvalue weighted by Gasteiger charge is 2.47. The molecule has 0 aliphatic heterocycles. The van der Waals surface area contributed by atoms with Gasteiger partial charge in [-0.25, -0.2) is 9.67 Å². The second-order valence-corrected chi connectivity index (χ2v) is 8.40. The van der Waals surface area contributed by atoms with Crippen molar-refractivity contribution in [3.63, 3.8) is 0 Å². The molecule has 4 rings (SSSR count). The van der Waals surface area contributed by atoms with Crippen LogP contribution >= 0.6 is 0 Å². The van der Waals surface area contributed by atoms with Crippen LogP contribution in [0.5, 0.6) is 0 Å². The fourth-order valence-electron chi connectivity index (χ4n) is 3.84. The third-order valence-corrected chi connectivity index (χ3v) is 5.58. The summed E-state index contributed by atoms with van der Waals surface area (Å²) in [4.78, 5) is 21.5. The van der Waals surface area contributed by atoms with Crippen molar-refractivity contribution in [2.24, 2.45) is 11.3 Å². The summed E-state index contributed by atoms with van der Waals surface area (Å²) >= 11 is 0. The van der Waals surface area contributed by atoms with E-state index >= 15 is 0 Å². The molecule has 1 fully saturated rings. The number of aliphatic hydroxyl groups excluding tert-OH is 1. The number of aromatic nitrogens is 4. The average molecular weight is 355 g/mol. The molecule has 1 saturated carbocycles. The molecule has 0 unspecified atom stereocenters. The van der Waals surface area contributed by atoms with Crippen molar-refractivity contribution in [1.82, 2.24) is 25.1 Å². The molecule has 2 aliphatic carbocycles. The Bertz CT molecular complexity index is 824. The number of carbonyl (C=O) groups excluding carboxylic acids is 1. The Kier molecular flexibility index (Phi) is 4.06. The van der Waals surface area contributed by atoms with E-state index in [0.717, 1.165) is 30.5 Å². The van der Waals surface area contributed by atoms with Gasteiger partial charge in [-0.1, -0.05) is 20.8 Å². The molecule has 7 heteroatoms. The first-order valence-electron chi connectivity index (χ1n) is 9.20. The summed E-state index contributed by atoms with van der Waals surface area (Å²) < 4.78 is 1.80. The zero-order valence-corrected chi connectivity index (χ0v) is 15.4. The third kappa shape index (κ3) is 2.90. The van der Waals surface area contributed by atoms with Gasteiger partial charge in [0, 0.05) is 23.9 Å². The first kappa shape index (κ1) is 17.1. The lowest BCUT2D eigenvalue weighted by atomic mass is 9.87. The zero-order chi connectivity index (χ0) is 18.5. The SMILES string of the molecule is CC(C)(C)[C@@H](CO)NC(=O)c1nn(-c2cnccn2)c2c1CC[C@H]1C[C@@H]21. The number of rotatable bonds is 4. The van der Waals surface area contributed by atoms with Gasteiger partial charge in [-0.2, -0.15) is 5.10 Å². The number of amides is 1. The number of nitrogens with zero attached hydrogens (tertiary/aromatic N) is 4. The average Bonchev–Trinajstić information content (AvgIpc) is 3.31. The maximum Gasteiger partial charge on any atom is 0.272 e. The fraction of sp³-hybridized carbons (Fsp3) is 0.579. The van der Waals surface area contributed by atoms with Gasteiger partial charge in [-0.05, 0) is 30.6 Å². The molecule has 0 saturated heterocycles. The largest absolute Gasteiger partial charge is 0.394 e. The quantitative estimate of drug-likeness (QED) is 0.873. The van der Waals surface area contributed by atoms with E-state index in [-0.39, 0.29) is 24.0 Å². The van der Waals surface area contributed by atoms with Crippen LogP contribution in [0.15, 0.2) is 18.6 Å². The summed E-state index contributed by atoms with van der Waals surface area (Å²) in [6.45, 7) is 5.89. The van der Waals surface area contributed by atoms with Crippen LogP contribution in [0.1, 0.15) is 61.3 Å². The van der Waals surface area contributed by atoms with E-state index in [2.05, 4.69) is 20.4 Å². The molecule has 2 heterocycles. The van der Waals surface area contributed by atoms with Crippen LogP contribution in [0.3, 0.4) is 0 Å². The van der Waals surface area contributed by atoms with Crippen molar-refractivity contribution in [3.05, 3.63) is 35.5 Å². The van der Waals surface area contributed by atoms with Crippen LogP contribution in [-0.4, -0.2) is 43.4 Å². The van der Waals surface area contributed by atoms with E-state index in [1.165, 1.54) is 0 Å². The van der Waals surface area contributed by atoms with Crippen LogP contribution in [0, 0.1) is 11.3 Å². The molecule has 2 aromatic rings. The van der Waals surface area contributed by atoms with Crippen LogP contribution in [0.2, 0.25) is 0 Å². The minimum atomic E-state index is -0.329. The van der Waals surface area contributed by atoms with E-state index in [4.69, 9.17) is 0 Å². The van der Waals surface area contributed by atoms with Crippen molar-refractivity contribution in [3.8, 4) is 5.82 Å². The van der Waals surface area contributed by atoms with Gasteiger partial charge in [0.2, 0.25) is 0 Å². The predicted molar refractivity (Wildman–Crippen MR) is 96.1 cm³/mol. The molecule has 0 aromatic carbocycles. The first-order chi connectivity index (χ1) is 12.4. The van der Waals surface area contributed by atoms with E-state index < -0.39 is 0 Å². The summed E-state index contributed by atoms with van der Waals surface area (Å²) in [5.74, 6) is 1.58. The highest BCUT2D eigenvalue weighted by atomic mass is 16.3. The molecule has 0 bridgehead atoms. The molecule has 2 aliphatic rings. The van der Waals surface area contributed by atoms with Crippen LogP contribution < -0.4 is 5.32 Å². The van der Waals surface area contributed by atoms with E-state index in [0.29, 0.717) is 23.3 Å². The molecule has 138 valence electrons. The van der Waals surface area contributed by atoms with Crippen LogP contribution in [-0.2, 0) is 6.42 Å². The minimum absolute atomic E-state index is 0.104. The lowest BCUT2D eigenvalue weighted by molar-refractivity contribution is 0.0841. The monoisotopic (exact) mass is 355 g/mol. The maximum absolute atomic E-state index is 13.0. The Morgan fingerprint density at radius 3 is 2.88 bits per heavy atom. The highest BCUT2D eigenvalue weighted by Crippen LogP contribution is 2.55. The summed E-state index contributed by atoms with van der Waals surface area (Å²) in [6.07, 6.45) is 8.06. The van der Waals surface area contributed by atoms with Crippen molar-refractivity contribution >= 4 is 5.91 Å². The topological polar surface area (TPSA) is 92.9 Å². The van der Waals surface area contributed by atoms with Crippen molar-refractivity contribution < 1.29 is 9.90 Å². The van der Waals surface area contributed by atoms with Crippen LogP contribution in [0.4, 0.5) is 0 Å². The Balaban J connectivity index is 1.72. The number of hydrogen-bond acceptors (Lipinski definition) is 5. The smallest absolute Gasteiger partial charge is 0.272 e. The van der Waals surface area contributed by atoms with Crippen molar-refractivity contribution in [1.29, 1.82) is 0 Å². The normalized spacial score (nSPS) is 22.3. The molecular formula is C19H25N5O2. The molecule has 0 radical (unpaired) electrons. The molecule has 26 heavy (non-hydrogen) atoms. The molecule has 7 nitrogen and oxygen atoms in total. The van der Waals surface area contributed by atoms with Gasteiger partial charge in [0.05, 0.1) is 24.5 Å². The molecular weight excluding hydrogens is 330 g/mol. The van der Waals surface area contributed by atoms with E-state index in [1.54, 1.807) is 23.3 Å². The number of aliphatic hydroxyl groups is 1. The van der Waals surface area contributed by atoms with Crippen molar-refractivity contribution in [2.45, 2.75) is 52.0 Å². The van der Waals surface area contributed by atoms with Gasteiger partial charge >= 0.3 is 0 Å². The highest BCUT2D eigenvalue weighted by molar-refractivity contribution is 5.94. The van der Waals surface area contributed by atoms with Crippen molar-refractivity contribution in [2.75, 3.05) is 6.61 Å². The standard InChI is InChI=1S/C19H25N5O2/c1-19(2,3)14(10-25)22-18(26)16-12-5-4-11-8-13(11)17(12)24(23-16)15-9-20-6-7-21-15/h6-7,9,11,13-14,25H,4-5,8,10H2,1-3H3,(H,22,26)/t11-,13+,14+/m0/s1. The van der Waals surface area contributed by atoms with Gasteiger partial charge in [-0.15, -0.1) is 0 Å². The summed E-state index contributed by atoms with van der Waals surface area (Å²) in [5, 5.41) is 17.3. The number of hydrogen-bond donors (Lipinski definition) is 2. The summed E-state index contributed by atoms with van der Waals surface area (Å²) in [5.41, 5.74) is 2.36. The zero-order valence-electron chi connectivity index (χ0n) is 15.4. The van der Waals surface area contributed by atoms with Gasteiger partial charge in [-0.3, -0.25) is 9.78 Å². The fourth-order valence-corrected chi connectivity index (χ4v) is 3.84. The van der Waals surface area contributed by atoms with Gasteiger partial charge in [0.15, 0.2) is 11.5 Å². The van der Waals surface area contributed by atoms with Crippen LogP contribution in [0.25, 0.3) is 5.82 Å². The molecule has 3 atom stereocenters. The second-order valence-electron chi connectivity index (χ2n) is 8.40. The number of nitrogens with one attached hydrogen (secondary N) is 1. The Labute approximate surface area is 152 Å². The maximum atomic E-state index is 13.0. The van der Waals surface area contributed by atoms with Gasteiger partial charge in [0.1, 0.15) is 0 Å². The molecule has 1 amide bonds. The van der Waals surface area contributed by atoms with Gasteiger partial charge in [0.25, 0.3) is 5.91 Å². The predicted octanol–water partition coefficient (Wildman–Crippen LogP) is 1.85. The van der Waals surface area contributed by atoms with Gasteiger partial charge < -0.3 is 10.4 Å². The Morgan fingerprint density at radius 1 is 1.42 bits per heavy atom. The minimum Gasteiger partial charge on any atom is -0.394 e. The molecule has 2 aromatic heterocycles. The van der Waals surface area contributed by atoms with E-state index in [9.17, 15) is 9.90 Å². The summed E-state index contributed by atoms with van der Waals surface area (Å²) in [6, 6.07) is -0.329. The number of fused-ring (bicyclic) bond motifs is 3. The third-order valence-electron chi connectivity index (χ3n) is 5.58. The number of carbonyl (C=O) groups is 1. The Morgan fingerprint density at radius 2 is 2.23 bits per heavy atom. The Hall–Kier alpha value is -2.28. The lowest BCUT2D eigenvalue weighted by Gasteiger charge is -2.29. The molecule has 2 N–H and O–H groups in total. The van der Waals surface area contributed by atoms with E-state index in [1.807, 2.05) is 20.8 Å². The summed E-state index contributed by atoms with van der Waals surface area (Å²) in [7, 11) is 0. The first-order valence-corrected chi connectivity index (χ1v) is 9.20. The lowest BCUT2D eigenvalue weighted by Crippen LogP contribution is -2.46. The second kappa shape index (κ2) is 6.16.